The first-order chi connectivity index (χ1) is 6.75. The van der Waals surface area contributed by atoms with Crippen LogP contribution in [0.25, 0.3) is 5.57 Å². The van der Waals surface area contributed by atoms with Crippen LogP contribution >= 0.6 is 0 Å². The lowest BCUT2D eigenvalue weighted by Crippen LogP contribution is -2.20. The average molecular weight is 188 g/mol. The highest BCUT2D eigenvalue weighted by molar-refractivity contribution is 5.66. The molecule has 0 radical (unpaired) electrons. The van der Waals surface area contributed by atoms with E-state index in [1.807, 2.05) is 12.4 Å². The van der Waals surface area contributed by atoms with Crippen LogP contribution < -0.4 is 5.73 Å². The molecule has 0 aromatic carbocycles. The Labute approximate surface area is 84.9 Å². The molecule has 1 unspecified atom stereocenters. The van der Waals surface area contributed by atoms with Crippen LogP contribution in [0.5, 0.6) is 0 Å². The van der Waals surface area contributed by atoms with Crippen LogP contribution in [0.15, 0.2) is 24.5 Å². The van der Waals surface area contributed by atoms with Gasteiger partial charge in [0, 0.05) is 18.4 Å². The Hall–Kier alpha value is -1.15. The Kier molecular flexibility index (Phi) is 2.64. The van der Waals surface area contributed by atoms with Crippen LogP contribution in [0.2, 0.25) is 0 Å². The molecule has 0 spiro atoms. The molecule has 1 heterocycles. The number of aryl methyl sites for hydroxylation is 1. The van der Waals surface area contributed by atoms with E-state index < -0.39 is 0 Å². The van der Waals surface area contributed by atoms with Gasteiger partial charge in [-0.25, -0.2) is 0 Å². The second-order valence-corrected chi connectivity index (χ2v) is 4.00. The summed E-state index contributed by atoms with van der Waals surface area (Å²) in [4.78, 5) is 4.20. The van der Waals surface area contributed by atoms with Gasteiger partial charge in [0.15, 0.2) is 0 Å². The number of hydrogen-bond donors (Lipinski definition) is 1. The largest absolute Gasteiger partial charge is 0.324 e. The van der Waals surface area contributed by atoms with E-state index in [0.29, 0.717) is 0 Å². The zero-order valence-corrected chi connectivity index (χ0v) is 8.53. The molecule has 1 aliphatic rings. The van der Waals surface area contributed by atoms with Gasteiger partial charge in [-0.3, -0.25) is 4.98 Å². The fourth-order valence-electron chi connectivity index (χ4n) is 1.92. The molecule has 0 saturated heterocycles. The highest BCUT2D eigenvalue weighted by Crippen LogP contribution is 2.25. The van der Waals surface area contributed by atoms with Crippen LogP contribution in [0.4, 0.5) is 0 Å². The summed E-state index contributed by atoms with van der Waals surface area (Å²) in [6.07, 6.45) is 9.44. The summed E-state index contributed by atoms with van der Waals surface area (Å²) in [5, 5.41) is 0. The highest BCUT2D eigenvalue weighted by atomic mass is 14.6. The molecule has 2 rings (SSSR count). The van der Waals surface area contributed by atoms with Gasteiger partial charge < -0.3 is 5.73 Å². The minimum absolute atomic E-state index is 0.235. The van der Waals surface area contributed by atoms with Crippen LogP contribution in [-0.4, -0.2) is 11.0 Å². The van der Waals surface area contributed by atoms with Gasteiger partial charge in [-0.15, -0.1) is 0 Å². The standard InChI is InChI=1S/C12H16N2/c1-9-5-11(8-14-7-9)10-3-2-4-12(13)6-10/h5-8,12H,2-4,13H2,1H3. The van der Waals surface area contributed by atoms with Gasteiger partial charge in [-0.05, 0) is 49.0 Å². The Morgan fingerprint density at radius 1 is 1.43 bits per heavy atom. The lowest BCUT2D eigenvalue weighted by atomic mass is 9.92. The Bertz CT molecular complexity index is 355. The molecule has 0 bridgehead atoms. The number of pyridine rings is 1. The molecule has 14 heavy (non-hydrogen) atoms. The Balaban J connectivity index is 2.30. The summed E-state index contributed by atoms with van der Waals surface area (Å²) in [6.45, 7) is 2.07. The first-order valence-electron chi connectivity index (χ1n) is 5.14. The predicted molar refractivity (Wildman–Crippen MR) is 58.8 cm³/mol. The lowest BCUT2D eigenvalue weighted by Gasteiger charge is -2.17. The quantitative estimate of drug-likeness (QED) is 0.734. The summed E-state index contributed by atoms with van der Waals surface area (Å²) in [7, 11) is 0. The number of nitrogens with two attached hydrogens (primary N) is 1. The number of nitrogens with zero attached hydrogens (tertiary/aromatic N) is 1. The summed E-state index contributed by atoms with van der Waals surface area (Å²) in [5.74, 6) is 0. The van der Waals surface area contributed by atoms with Crippen molar-refractivity contribution in [3.63, 3.8) is 0 Å². The van der Waals surface area contributed by atoms with Gasteiger partial charge >= 0.3 is 0 Å². The van der Waals surface area contributed by atoms with Crippen molar-refractivity contribution in [2.75, 3.05) is 0 Å². The zero-order valence-electron chi connectivity index (χ0n) is 8.53. The first-order valence-corrected chi connectivity index (χ1v) is 5.14. The van der Waals surface area contributed by atoms with E-state index in [-0.39, 0.29) is 6.04 Å². The van der Waals surface area contributed by atoms with E-state index in [9.17, 15) is 0 Å². The Morgan fingerprint density at radius 3 is 3.00 bits per heavy atom. The molecular formula is C12H16N2. The summed E-state index contributed by atoms with van der Waals surface area (Å²) in [6, 6.07) is 2.41. The minimum Gasteiger partial charge on any atom is -0.324 e. The highest BCUT2D eigenvalue weighted by Gasteiger charge is 2.11. The number of rotatable bonds is 1. The number of hydrogen-bond acceptors (Lipinski definition) is 2. The maximum absolute atomic E-state index is 5.90. The van der Waals surface area contributed by atoms with E-state index in [4.69, 9.17) is 5.73 Å². The second kappa shape index (κ2) is 3.93. The molecule has 0 saturated carbocycles. The Morgan fingerprint density at radius 2 is 2.29 bits per heavy atom. The van der Waals surface area contributed by atoms with Gasteiger partial charge in [0.2, 0.25) is 0 Å². The molecule has 1 aromatic heterocycles. The second-order valence-electron chi connectivity index (χ2n) is 4.00. The van der Waals surface area contributed by atoms with Crippen LogP contribution in [-0.2, 0) is 0 Å². The van der Waals surface area contributed by atoms with Crippen molar-refractivity contribution < 1.29 is 0 Å². The van der Waals surface area contributed by atoms with Crippen molar-refractivity contribution in [1.82, 2.24) is 4.98 Å². The van der Waals surface area contributed by atoms with E-state index in [2.05, 4.69) is 24.1 Å². The normalized spacial score (nSPS) is 21.9. The fraction of sp³-hybridized carbons (Fsp3) is 0.417. The summed E-state index contributed by atoms with van der Waals surface area (Å²) < 4.78 is 0. The summed E-state index contributed by atoms with van der Waals surface area (Å²) in [5.41, 5.74) is 9.71. The zero-order chi connectivity index (χ0) is 9.97. The van der Waals surface area contributed by atoms with Gasteiger partial charge in [0.05, 0.1) is 0 Å². The van der Waals surface area contributed by atoms with Gasteiger partial charge in [0.1, 0.15) is 0 Å². The average Bonchev–Trinajstić information content (AvgIpc) is 2.18. The molecule has 1 aromatic rings. The van der Waals surface area contributed by atoms with Gasteiger partial charge in [-0.1, -0.05) is 6.08 Å². The monoisotopic (exact) mass is 188 g/mol. The molecule has 2 nitrogen and oxygen atoms in total. The molecule has 0 amide bonds. The van der Waals surface area contributed by atoms with Crippen LogP contribution in [0.3, 0.4) is 0 Å². The molecule has 2 N–H and O–H groups in total. The van der Waals surface area contributed by atoms with Crippen LogP contribution in [0, 0.1) is 6.92 Å². The van der Waals surface area contributed by atoms with Gasteiger partial charge in [0.25, 0.3) is 0 Å². The molecule has 2 heteroatoms. The number of allylic oxidation sites excluding steroid dienone is 1. The van der Waals surface area contributed by atoms with Crippen molar-refractivity contribution in [1.29, 1.82) is 0 Å². The molecule has 0 aliphatic heterocycles. The maximum Gasteiger partial charge on any atom is 0.0343 e. The van der Waals surface area contributed by atoms with Crippen LogP contribution in [0.1, 0.15) is 30.4 Å². The molecule has 1 atom stereocenters. The molecule has 74 valence electrons. The number of aromatic nitrogens is 1. The maximum atomic E-state index is 5.90. The third-order valence-corrected chi connectivity index (χ3v) is 2.64. The van der Waals surface area contributed by atoms with Gasteiger partial charge in [-0.2, -0.15) is 0 Å². The van der Waals surface area contributed by atoms with E-state index >= 15 is 0 Å². The SMILES string of the molecule is Cc1cncc(C2=CC(N)CCC2)c1. The smallest absolute Gasteiger partial charge is 0.0343 e. The van der Waals surface area contributed by atoms with Crippen molar-refractivity contribution in [2.24, 2.45) is 5.73 Å². The fourth-order valence-corrected chi connectivity index (χ4v) is 1.92. The van der Waals surface area contributed by atoms with E-state index in [1.54, 1.807) is 0 Å². The first kappa shape index (κ1) is 9.41. The summed E-state index contributed by atoms with van der Waals surface area (Å²) >= 11 is 0. The predicted octanol–water partition coefficient (Wildman–Crippen LogP) is 2.28. The molecule has 0 fully saturated rings. The molecule has 1 aliphatic carbocycles. The van der Waals surface area contributed by atoms with Crippen molar-refractivity contribution in [3.8, 4) is 0 Å². The van der Waals surface area contributed by atoms with Crippen molar-refractivity contribution in [3.05, 3.63) is 35.7 Å². The molecular weight excluding hydrogens is 172 g/mol. The third kappa shape index (κ3) is 2.02. The topological polar surface area (TPSA) is 38.9 Å². The minimum atomic E-state index is 0.235. The third-order valence-electron chi connectivity index (χ3n) is 2.64. The van der Waals surface area contributed by atoms with E-state index in [0.717, 1.165) is 12.8 Å². The van der Waals surface area contributed by atoms with Crippen molar-refractivity contribution in [2.45, 2.75) is 32.2 Å². The lowest BCUT2D eigenvalue weighted by molar-refractivity contribution is 0.654. The van der Waals surface area contributed by atoms with Crippen molar-refractivity contribution >= 4 is 5.57 Å². The van der Waals surface area contributed by atoms with E-state index in [1.165, 1.54) is 23.1 Å².